The van der Waals surface area contributed by atoms with Crippen molar-refractivity contribution in [1.82, 2.24) is 0 Å². The van der Waals surface area contributed by atoms with E-state index in [1.807, 2.05) is 6.08 Å². The topological polar surface area (TPSA) is 18.5 Å². The van der Waals surface area contributed by atoms with Gasteiger partial charge in [0, 0.05) is 0 Å². The van der Waals surface area contributed by atoms with E-state index in [2.05, 4.69) is 19.8 Å². The van der Waals surface area contributed by atoms with Crippen molar-refractivity contribution in [2.24, 2.45) is 5.92 Å². The summed E-state index contributed by atoms with van der Waals surface area (Å²) < 4.78 is 10.3. The summed E-state index contributed by atoms with van der Waals surface area (Å²) in [6.07, 6.45) is 9.99. The molecule has 1 aliphatic heterocycles. The van der Waals surface area contributed by atoms with Crippen molar-refractivity contribution in [3.05, 3.63) is 23.5 Å². The number of rotatable bonds is 3. The molecule has 14 heavy (non-hydrogen) atoms. The highest BCUT2D eigenvalue weighted by Gasteiger charge is 2.08. The molecule has 0 aromatic heterocycles. The molecule has 0 aliphatic carbocycles. The van der Waals surface area contributed by atoms with Crippen LogP contribution in [-0.4, -0.2) is 13.4 Å². The first-order valence-electron chi connectivity index (χ1n) is 4.78. The Hall–Kier alpha value is -1.20. The predicted molar refractivity (Wildman–Crippen MR) is 56.4 cm³/mol. The second-order valence-electron chi connectivity index (χ2n) is 3.71. The summed E-state index contributed by atoms with van der Waals surface area (Å²) >= 11 is 0. The fourth-order valence-corrected chi connectivity index (χ4v) is 1.33. The van der Waals surface area contributed by atoms with E-state index < -0.39 is 0 Å². The highest BCUT2D eigenvalue weighted by molar-refractivity contribution is 5.29. The molecule has 0 saturated carbocycles. The second kappa shape index (κ2) is 5.51. The first kappa shape index (κ1) is 10.9. The summed E-state index contributed by atoms with van der Waals surface area (Å²) in [6, 6.07) is 0. The van der Waals surface area contributed by atoms with Crippen molar-refractivity contribution in [3.63, 3.8) is 0 Å². The molecule has 0 aromatic carbocycles. The van der Waals surface area contributed by atoms with Gasteiger partial charge < -0.3 is 9.47 Å². The molecule has 0 atom stereocenters. The van der Waals surface area contributed by atoms with E-state index in [0.717, 1.165) is 17.8 Å². The van der Waals surface area contributed by atoms with Crippen molar-refractivity contribution in [2.45, 2.75) is 20.3 Å². The Bertz CT molecular complexity index is 271. The van der Waals surface area contributed by atoms with Gasteiger partial charge >= 0.3 is 0 Å². The minimum atomic E-state index is 0.358. The molecule has 0 spiro atoms. The summed E-state index contributed by atoms with van der Waals surface area (Å²) in [7, 11) is 0. The summed E-state index contributed by atoms with van der Waals surface area (Å²) in [5.74, 6) is 4.00. The van der Waals surface area contributed by atoms with Crippen molar-refractivity contribution >= 4 is 0 Å². The summed E-state index contributed by atoms with van der Waals surface area (Å²) in [5.41, 5.74) is 1.13. The zero-order chi connectivity index (χ0) is 10.4. The minimum Gasteiger partial charge on any atom is -0.469 e. The normalized spacial score (nSPS) is 19.9. The lowest BCUT2D eigenvalue weighted by atomic mass is 10.0. The van der Waals surface area contributed by atoms with Crippen molar-refractivity contribution < 1.29 is 9.47 Å². The molecule has 1 heterocycles. The molecule has 0 amide bonds. The Morgan fingerprint density at radius 3 is 2.93 bits per heavy atom. The van der Waals surface area contributed by atoms with Gasteiger partial charge in [0.2, 0.25) is 0 Å². The number of terminal acetylenes is 1. The molecule has 0 radical (unpaired) electrons. The van der Waals surface area contributed by atoms with Crippen LogP contribution in [-0.2, 0) is 9.47 Å². The van der Waals surface area contributed by atoms with Crippen LogP contribution in [0.3, 0.4) is 0 Å². The SMILES string of the molecule is C#C/C=C(\C=C1/COCO1)CC(C)C. The van der Waals surface area contributed by atoms with E-state index >= 15 is 0 Å². The Balaban J connectivity index is 2.64. The van der Waals surface area contributed by atoms with Crippen molar-refractivity contribution in [3.8, 4) is 12.3 Å². The maximum Gasteiger partial charge on any atom is 0.189 e. The van der Waals surface area contributed by atoms with Crippen LogP contribution in [0.1, 0.15) is 20.3 Å². The van der Waals surface area contributed by atoms with Crippen LogP contribution in [0.15, 0.2) is 23.5 Å². The molecule has 2 nitrogen and oxygen atoms in total. The van der Waals surface area contributed by atoms with Gasteiger partial charge in [-0.3, -0.25) is 0 Å². The van der Waals surface area contributed by atoms with Gasteiger partial charge in [0.05, 0.1) is 0 Å². The van der Waals surface area contributed by atoms with E-state index in [1.165, 1.54) is 0 Å². The van der Waals surface area contributed by atoms with Gasteiger partial charge in [-0.25, -0.2) is 0 Å². The third-order valence-corrected chi connectivity index (χ3v) is 1.83. The van der Waals surface area contributed by atoms with Gasteiger partial charge in [-0.15, -0.1) is 6.42 Å². The van der Waals surface area contributed by atoms with E-state index in [0.29, 0.717) is 19.3 Å². The standard InChI is InChI=1S/C12H16O2/c1-4-5-11(6-10(2)3)7-12-8-13-9-14-12/h1,5,7,10H,6,8-9H2,2-3H3/b11-5-,12-7+. The average molecular weight is 192 g/mol. The Morgan fingerprint density at radius 1 is 1.64 bits per heavy atom. The molecule has 0 aromatic rings. The molecule has 0 unspecified atom stereocenters. The monoisotopic (exact) mass is 192 g/mol. The lowest BCUT2D eigenvalue weighted by molar-refractivity contribution is 0.0800. The third kappa shape index (κ3) is 3.68. The van der Waals surface area contributed by atoms with Crippen LogP contribution in [0.25, 0.3) is 0 Å². The lowest BCUT2D eigenvalue weighted by Gasteiger charge is -2.05. The zero-order valence-electron chi connectivity index (χ0n) is 8.75. The molecular formula is C12H16O2. The quantitative estimate of drug-likeness (QED) is 0.639. The molecule has 0 bridgehead atoms. The van der Waals surface area contributed by atoms with Gasteiger partial charge in [0.1, 0.15) is 12.4 Å². The molecule has 1 aliphatic rings. The fraction of sp³-hybridized carbons (Fsp3) is 0.500. The van der Waals surface area contributed by atoms with Crippen LogP contribution >= 0.6 is 0 Å². The summed E-state index contributed by atoms with van der Waals surface area (Å²) in [4.78, 5) is 0. The molecule has 2 heteroatoms. The highest BCUT2D eigenvalue weighted by atomic mass is 16.7. The van der Waals surface area contributed by atoms with Gasteiger partial charge in [0.25, 0.3) is 0 Å². The number of hydrogen-bond acceptors (Lipinski definition) is 2. The van der Waals surface area contributed by atoms with E-state index in [9.17, 15) is 0 Å². The maximum absolute atomic E-state index is 5.25. The predicted octanol–water partition coefficient (Wildman–Crippen LogP) is 2.48. The van der Waals surface area contributed by atoms with Gasteiger partial charge in [-0.2, -0.15) is 0 Å². The van der Waals surface area contributed by atoms with Crippen LogP contribution in [0.2, 0.25) is 0 Å². The lowest BCUT2D eigenvalue weighted by Crippen LogP contribution is -1.92. The molecular weight excluding hydrogens is 176 g/mol. The first-order valence-corrected chi connectivity index (χ1v) is 4.78. The summed E-state index contributed by atoms with van der Waals surface area (Å²) in [6.45, 7) is 5.24. The average Bonchev–Trinajstić information content (AvgIpc) is 2.56. The highest BCUT2D eigenvalue weighted by Crippen LogP contribution is 2.16. The van der Waals surface area contributed by atoms with E-state index in [1.54, 1.807) is 6.08 Å². The van der Waals surface area contributed by atoms with E-state index in [-0.39, 0.29) is 0 Å². The molecule has 1 rings (SSSR count). The van der Waals surface area contributed by atoms with Crippen LogP contribution in [0, 0.1) is 18.3 Å². The van der Waals surface area contributed by atoms with Gasteiger partial charge in [-0.05, 0) is 30.1 Å². The van der Waals surface area contributed by atoms with Gasteiger partial charge in [0.15, 0.2) is 6.79 Å². The molecule has 1 fully saturated rings. The fourth-order valence-electron chi connectivity index (χ4n) is 1.33. The first-order chi connectivity index (χ1) is 6.72. The Labute approximate surface area is 85.6 Å². The minimum absolute atomic E-state index is 0.358. The Kier molecular flexibility index (Phi) is 4.28. The second-order valence-corrected chi connectivity index (χ2v) is 3.71. The van der Waals surface area contributed by atoms with Crippen LogP contribution in [0.4, 0.5) is 0 Å². The van der Waals surface area contributed by atoms with Gasteiger partial charge in [-0.1, -0.05) is 19.8 Å². The third-order valence-electron chi connectivity index (χ3n) is 1.83. The largest absolute Gasteiger partial charge is 0.469 e. The maximum atomic E-state index is 5.25. The summed E-state index contributed by atoms with van der Waals surface area (Å²) in [5, 5.41) is 0. The van der Waals surface area contributed by atoms with Crippen LogP contribution < -0.4 is 0 Å². The zero-order valence-corrected chi connectivity index (χ0v) is 8.75. The van der Waals surface area contributed by atoms with Crippen LogP contribution in [0.5, 0.6) is 0 Å². The number of ether oxygens (including phenoxy) is 2. The van der Waals surface area contributed by atoms with Crippen molar-refractivity contribution in [2.75, 3.05) is 13.4 Å². The molecule has 1 saturated heterocycles. The molecule has 0 N–H and O–H groups in total. The number of hydrogen-bond donors (Lipinski definition) is 0. The van der Waals surface area contributed by atoms with Crippen molar-refractivity contribution in [1.29, 1.82) is 0 Å². The van der Waals surface area contributed by atoms with E-state index in [4.69, 9.17) is 15.9 Å². The molecule has 76 valence electrons. The smallest absolute Gasteiger partial charge is 0.189 e. The number of allylic oxidation sites excluding steroid dienone is 3. The Morgan fingerprint density at radius 2 is 2.43 bits per heavy atom.